The molecule has 146 valence electrons. The van der Waals surface area contributed by atoms with Crippen LogP contribution in [-0.4, -0.2) is 56.9 Å². The Kier molecular flexibility index (Phi) is 4.94. The maximum Gasteiger partial charge on any atom is 0.340 e. The molecule has 2 aliphatic heterocycles. The third-order valence-corrected chi connectivity index (χ3v) is 6.64. The van der Waals surface area contributed by atoms with Crippen molar-refractivity contribution in [1.82, 2.24) is 4.57 Å². The number of methoxy groups -OCH3 is 4. The van der Waals surface area contributed by atoms with E-state index in [2.05, 4.69) is 0 Å². The van der Waals surface area contributed by atoms with Gasteiger partial charge in [0.25, 0.3) is 0 Å². The van der Waals surface area contributed by atoms with E-state index in [0.717, 1.165) is 0 Å². The van der Waals surface area contributed by atoms with E-state index >= 15 is 0 Å². The minimum Gasteiger partial charge on any atom is -0.469 e. The average Bonchev–Trinajstić information content (AvgIpc) is 3.33. The van der Waals surface area contributed by atoms with Crippen molar-refractivity contribution >= 4 is 35.6 Å². The van der Waals surface area contributed by atoms with E-state index in [1.54, 1.807) is 11.5 Å². The molecule has 27 heavy (non-hydrogen) atoms. The van der Waals surface area contributed by atoms with Gasteiger partial charge in [0.15, 0.2) is 0 Å². The number of hydrogen-bond acceptors (Lipinski definition) is 9. The molecule has 0 spiro atoms. The Morgan fingerprint density at radius 1 is 0.815 bits per heavy atom. The van der Waals surface area contributed by atoms with E-state index in [0.29, 0.717) is 11.4 Å². The Morgan fingerprint density at radius 2 is 1.33 bits per heavy atom. The summed E-state index contributed by atoms with van der Waals surface area (Å²) in [7, 11) is 4.90. The van der Waals surface area contributed by atoms with Gasteiger partial charge in [-0.25, -0.2) is 9.59 Å². The maximum absolute atomic E-state index is 12.5. The van der Waals surface area contributed by atoms with Crippen LogP contribution in [0, 0.1) is 18.8 Å². The lowest BCUT2D eigenvalue weighted by molar-refractivity contribution is -0.158. The van der Waals surface area contributed by atoms with Crippen molar-refractivity contribution in [2.45, 2.75) is 17.5 Å². The van der Waals surface area contributed by atoms with Crippen LogP contribution in [0.4, 0.5) is 0 Å². The highest BCUT2D eigenvalue weighted by Crippen LogP contribution is 2.65. The number of thioether (sulfide) groups is 1. The van der Waals surface area contributed by atoms with Crippen molar-refractivity contribution < 1.29 is 38.1 Å². The number of rotatable bonds is 4. The second-order valence-corrected chi connectivity index (χ2v) is 7.38. The summed E-state index contributed by atoms with van der Waals surface area (Å²) < 4.78 is 21.2. The summed E-state index contributed by atoms with van der Waals surface area (Å²) in [5.74, 6) is -4.17. The molecular formula is C17H19NO8S. The van der Waals surface area contributed by atoms with Crippen molar-refractivity contribution in [2.24, 2.45) is 11.8 Å². The summed E-state index contributed by atoms with van der Waals surface area (Å²) in [6, 6.07) is 0. The van der Waals surface area contributed by atoms with Gasteiger partial charge in [-0.05, 0) is 6.92 Å². The molecule has 1 fully saturated rings. The molecule has 0 unspecified atom stereocenters. The predicted molar refractivity (Wildman–Crippen MR) is 92.2 cm³/mol. The monoisotopic (exact) mass is 397 g/mol. The molecule has 10 heteroatoms. The number of esters is 4. The fourth-order valence-corrected chi connectivity index (χ4v) is 5.90. The van der Waals surface area contributed by atoms with Gasteiger partial charge in [0.1, 0.15) is 5.92 Å². The first-order valence-corrected chi connectivity index (χ1v) is 9.00. The number of hydrogen-bond donors (Lipinski definition) is 0. The van der Waals surface area contributed by atoms with E-state index < -0.39 is 46.3 Å². The molecule has 1 aromatic rings. The Bertz CT molecular complexity index is 844. The zero-order valence-electron chi connectivity index (χ0n) is 15.4. The van der Waals surface area contributed by atoms with E-state index in [-0.39, 0.29) is 11.1 Å². The van der Waals surface area contributed by atoms with Crippen molar-refractivity contribution in [3.8, 4) is 0 Å². The largest absolute Gasteiger partial charge is 0.469 e. The summed E-state index contributed by atoms with van der Waals surface area (Å²) in [5.41, 5.74) is 1.06. The molecule has 0 aliphatic carbocycles. The van der Waals surface area contributed by atoms with Crippen LogP contribution in [0.25, 0.3) is 0 Å². The van der Waals surface area contributed by atoms with Crippen LogP contribution >= 0.6 is 11.8 Å². The van der Waals surface area contributed by atoms with Gasteiger partial charge in [0, 0.05) is 11.4 Å². The number of carbonyl (C=O) groups excluding carboxylic acids is 4. The van der Waals surface area contributed by atoms with E-state index in [1.807, 2.05) is 0 Å². The average molecular weight is 397 g/mol. The molecule has 9 nitrogen and oxygen atoms in total. The maximum atomic E-state index is 12.5. The SMILES string of the molecule is COC(=O)c1c(C(=O)OC)c2n(c1C)[C@H]1S[C@@H]2[C@H](C(=O)OC)[C@@H]1C(=O)OC. The number of fused-ring (bicyclic) bond motifs is 5. The van der Waals surface area contributed by atoms with Crippen molar-refractivity contribution in [1.29, 1.82) is 0 Å². The normalized spacial score (nSPS) is 24.9. The van der Waals surface area contributed by atoms with Gasteiger partial charge in [-0.15, -0.1) is 11.8 Å². The molecule has 0 N–H and O–H groups in total. The second-order valence-electron chi connectivity index (χ2n) is 6.12. The second kappa shape index (κ2) is 6.91. The molecule has 4 atom stereocenters. The van der Waals surface area contributed by atoms with Crippen LogP contribution in [0.15, 0.2) is 0 Å². The van der Waals surface area contributed by atoms with Gasteiger partial charge in [-0.3, -0.25) is 9.59 Å². The van der Waals surface area contributed by atoms with Crippen LogP contribution in [0.5, 0.6) is 0 Å². The van der Waals surface area contributed by atoms with Crippen molar-refractivity contribution in [2.75, 3.05) is 28.4 Å². The molecule has 3 rings (SSSR count). The fraction of sp³-hybridized carbons (Fsp3) is 0.529. The molecule has 1 aromatic heterocycles. The molecular weight excluding hydrogens is 378 g/mol. The molecule has 1 saturated heterocycles. The number of ether oxygens (including phenoxy) is 4. The van der Waals surface area contributed by atoms with Gasteiger partial charge < -0.3 is 23.5 Å². The topological polar surface area (TPSA) is 110 Å². The smallest absolute Gasteiger partial charge is 0.340 e. The van der Waals surface area contributed by atoms with Gasteiger partial charge in [-0.2, -0.15) is 0 Å². The highest BCUT2D eigenvalue weighted by atomic mass is 32.2. The highest BCUT2D eigenvalue weighted by Gasteiger charge is 2.61. The van der Waals surface area contributed by atoms with Crippen LogP contribution in [0.1, 0.15) is 42.7 Å². The third kappa shape index (κ3) is 2.53. The highest BCUT2D eigenvalue weighted by molar-refractivity contribution is 8.00. The van der Waals surface area contributed by atoms with E-state index in [9.17, 15) is 19.2 Å². The molecule has 0 amide bonds. The van der Waals surface area contributed by atoms with Crippen LogP contribution in [-0.2, 0) is 28.5 Å². The van der Waals surface area contributed by atoms with Crippen LogP contribution < -0.4 is 0 Å². The Labute approximate surface area is 159 Å². The minimum absolute atomic E-state index is 0.0547. The Balaban J connectivity index is 2.26. The molecule has 2 bridgehead atoms. The van der Waals surface area contributed by atoms with Crippen molar-refractivity contribution in [3.05, 3.63) is 22.5 Å². The molecule has 3 heterocycles. The number of carbonyl (C=O) groups is 4. The van der Waals surface area contributed by atoms with Crippen molar-refractivity contribution in [3.63, 3.8) is 0 Å². The lowest BCUT2D eigenvalue weighted by atomic mass is 9.84. The first kappa shape index (κ1) is 19.3. The standard InChI is InChI=1S/C17H19NO8S/c1-6-7(14(19)23-2)8(15(20)24-3)11-12-9(16(21)25-4)10(17(22)26-5)13(27-12)18(6)11/h9-10,12-13H,1-5H3/t9-,10+,12-,13+/m1/s1. The lowest BCUT2D eigenvalue weighted by Gasteiger charge is -2.28. The third-order valence-electron chi connectivity index (χ3n) is 5.04. The number of nitrogens with zero attached hydrogens (tertiary/aromatic N) is 1. The molecule has 2 aliphatic rings. The summed E-state index contributed by atoms with van der Waals surface area (Å²) >= 11 is 1.36. The lowest BCUT2D eigenvalue weighted by Crippen LogP contribution is -2.38. The van der Waals surface area contributed by atoms with Crippen LogP contribution in [0.2, 0.25) is 0 Å². The zero-order chi connectivity index (χ0) is 20.0. The van der Waals surface area contributed by atoms with E-state index in [4.69, 9.17) is 18.9 Å². The fourth-order valence-electron chi connectivity index (χ4n) is 3.94. The van der Waals surface area contributed by atoms with Gasteiger partial charge in [0.2, 0.25) is 0 Å². The summed E-state index contributed by atoms with van der Waals surface area (Å²) in [4.78, 5) is 49.6. The summed E-state index contributed by atoms with van der Waals surface area (Å²) in [6.45, 7) is 1.66. The Morgan fingerprint density at radius 3 is 1.85 bits per heavy atom. The molecule has 0 saturated carbocycles. The van der Waals surface area contributed by atoms with E-state index in [1.165, 1.54) is 40.2 Å². The molecule has 0 aromatic carbocycles. The zero-order valence-corrected chi connectivity index (χ0v) is 16.2. The summed E-state index contributed by atoms with van der Waals surface area (Å²) in [5, 5.41) is -1.07. The quantitative estimate of drug-likeness (QED) is 0.547. The first-order valence-electron chi connectivity index (χ1n) is 8.06. The van der Waals surface area contributed by atoms with Gasteiger partial charge in [-0.1, -0.05) is 0 Å². The number of aromatic nitrogens is 1. The van der Waals surface area contributed by atoms with Crippen LogP contribution in [0.3, 0.4) is 0 Å². The summed E-state index contributed by atoms with van der Waals surface area (Å²) in [6.07, 6.45) is 0. The van der Waals surface area contributed by atoms with Gasteiger partial charge >= 0.3 is 23.9 Å². The Hall–Kier alpha value is -2.49. The predicted octanol–water partition coefficient (Wildman–Crippen LogP) is 1.25. The molecule has 0 radical (unpaired) electrons. The van der Waals surface area contributed by atoms with Gasteiger partial charge in [0.05, 0.1) is 56.1 Å². The minimum atomic E-state index is -0.840. The first-order chi connectivity index (χ1) is 12.8.